The van der Waals surface area contributed by atoms with Gasteiger partial charge in [-0.3, -0.25) is 9.58 Å². The van der Waals surface area contributed by atoms with Crippen LogP contribution in [0.4, 0.5) is 0 Å². The molecule has 1 atom stereocenters. The molecule has 3 heterocycles. The summed E-state index contributed by atoms with van der Waals surface area (Å²) in [6.45, 7) is 5.68. The van der Waals surface area contributed by atoms with Gasteiger partial charge in [-0.15, -0.1) is 0 Å². The molecular weight excluding hydrogens is 216 g/mol. The van der Waals surface area contributed by atoms with E-state index in [0.717, 1.165) is 57.8 Å². The van der Waals surface area contributed by atoms with Crippen molar-refractivity contribution >= 4 is 0 Å². The van der Waals surface area contributed by atoms with Crippen LogP contribution in [0.3, 0.4) is 0 Å². The lowest BCUT2D eigenvalue weighted by Crippen LogP contribution is -2.21. The van der Waals surface area contributed by atoms with Crippen molar-refractivity contribution in [3.63, 3.8) is 0 Å². The normalized spacial score (nSPS) is 25.8. The van der Waals surface area contributed by atoms with Crippen molar-refractivity contribution in [1.29, 1.82) is 0 Å². The summed E-state index contributed by atoms with van der Waals surface area (Å²) in [6.07, 6.45) is 1.91. The van der Waals surface area contributed by atoms with Crippen molar-refractivity contribution < 1.29 is 5.11 Å². The fourth-order valence-electron chi connectivity index (χ4n) is 2.68. The molecule has 0 aromatic carbocycles. The van der Waals surface area contributed by atoms with Gasteiger partial charge in [-0.1, -0.05) is 0 Å². The summed E-state index contributed by atoms with van der Waals surface area (Å²) in [5, 5.41) is 17.6. The molecule has 5 heteroatoms. The smallest absolute Gasteiger partial charge is 0.0768 e. The van der Waals surface area contributed by atoms with Crippen molar-refractivity contribution in [1.82, 2.24) is 20.0 Å². The monoisotopic (exact) mass is 236 g/mol. The highest BCUT2D eigenvalue weighted by Gasteiger charge is 2.21. The van der Waals surface area contributed by atoms with Crippen LogP contribution in [0.15, 0.2) is 6.07 Å². The van der Waals surface area contributed by atoms with E-state index in [0.29, 0.717) is 0 Å². The summed E-state index contributed by atoms with van der Waals surface area (Å²) in [6, 6.07) is 2.20. The number of likely N-dealkylation sites (tertiary alicyclic amines) is 1. The second-order valence-electron chi connectivity index (χ2n) is 5.06. The van der Waals surface area contributed by atoms with E-state index in [4.69, 9.17) is 0 Å². The third-order valence-corrected chi connectivity index (χ3v) is 3.58. The third-order valence-electron chi connectivity index (χ3n) is 3.58. The maximum atomic E-state index is 9.50. The molecule has 1 saturated heterocycles. The molecule has 0 aliphatic carbocycles. The van der Waals surface area contributed by atoms with Crippen LogP contribution in [0.5, 0.6) is 0 Å². The van der Waals surface area contributed by atoms with Crippen LogP contribution < -0.4 is 5.32 Å². The van der Waals surface area contributed by atoms with Crippen LogP contribution in [-0.2, 0) is 19.6 Å². The molecule has 17 heavy (non-hydrogen) atoms. The van der Waals surface area contributed by atoms with E-state index in [1.165, 1.54) is 5.69 Å². The Morgan fingerprint density at radius 2 is 2.41 bits per heavy atom. The Morgan fingerprint density at radius 3 is 3.24 bits per heavy atom. The summed E-state index contributed by atoms with van der Waals surface area (Å²) >= 11 is 0. The van der Waals surface area contributed by atoms with Crippen molar-refractivity contribution in [2.45, 2.75) is 38.6 Å². The lowest BCUT2D eigenvalue weighted by atomic mass is 10.3. The van der Waals surface area contributed by atoms with Gasteiger partial charge in [-0.25, -0.2) is 0 Å². The third kappa shape index (κ3) is 2.51. The Balaban J connectivity index is 1.67. The van der Waals surface area contributed by atoms with Gasteiger partial charge in [-0.05, 0) is 25.5 Å². The summed E-state index contributed by atoms with van der Waals surface area (Å²) in [5.74, 6) is 0. The van der Waals surface area contributed by atoms with E-state index in [2.05, 4.69) is 26.1 Å². The predicted molar refractivity (Wildman–Crippen MR) is 64.5 cm³/mol. The Morgan fingerprint density at radius 1 is 1.47 bits per heavy atom. The Kier molecular flexibility index (Phi) is 3.13. The Bertz CT molecular complexity index is 366. The van der Waals surface area contributed by atoms with Crippen molar-refractivity contribution in [3.8, 4) is 0 Å². The molecule has 0 bridgehead atoms. The van der Waals surface area contributed by atoms with E-state index in [1.807, 2.05) is 0 Å². The number of nitrogens with one attached hydrogen (secondary N) is 1. The predicted octanol–water partition coefficient (Wildman–Crippen LogP) is -0.0570. The average molecular weight is 236 g/mol. The minimum Gasteiger partial charge on any atom is -0.392 e. The first kappa shape index (κ1) is 11.2. The molecule has 2 N–H and O–H groups in total. The second kappa shape index (κ2) is 4.76. The van der Waals surface area contributed by atoms with E-state index >= 15 is 0 Å². The first-order chi connectivity index (χ1) is 8.31. The zero-order chi connectivity index (χ0) is 11.7. The van der Waals surface area contributed by atoms with Gasteiger partial charge in [0, 0.05) is 32.7 Å². The standard InChI is InChI=1S/C12H20N4O/c17-12-2-5-15(9-12)8-10-6-11-7-13-3-1-4-16(11)14-10/h6,12-13,17H,1-5,7-9H2/t12-/m1/s1. The van der Waals surface area contributed by atoms with Crippen molar-refractivity contribution in [3.05, 3.63) is 17.5 Å². The minimum absolute atomic E-state index is 0.142. The summed E-state index contributed by atoms with van der Waals surface area (Å²) in [4.78, 5) is 2.28. The van der Waals surface area contributed by atoms with Gasteiger partial charge in [0.15, 0.2) is 0 Å². The zero-order valence-electron chi connectivity index (χ0n) is 10.1. The van der Waals surface area contributed by atoms with Gasteiger partial charge in [-0.2, -0.15) is 5.10 Å². The first-order valence-corrected chi connectivity index (χ1v) is 6.48. The average Bonchev–Trinajstić information content (AvgIpc) is 2.81. The molecule has 1 aromatic heterocycles. The molecule has 1 aromatic rings. The number of rotatable bonds is 2. The molecule has 94 valence electrons. The van der Waals surface area contributed by atoms with Gasteiger partial charge >= 0.3 is 0 Å². The van der Waals surface area contributed by atoms with Crippen LogP contribution >= 0.6 is 0 Å². The molecule has 0 spiro atoms. The van der Waals surface area contributed by atoms with Gasteiger partial charge in [0.25, 0.3) is 0 Å². The number of aryl methyl sites for hydroxylation is 1. The number of aliphatic hydroxyl groups excluding tert-OH is 1. The maximum absolute atomic E-state index is 9.50. The largest absolute Gasteiger partial charge is 0.392 e. The Labute approximate surface area is 101 Å². The number of β-amino-alcohol motifs (C(OH)–C–C–N with tert-alkyl or cyclic N) is 1. The molecule has 0 unspecified atom stereocenters. The van der Waals surface area contributed by atoms with Gasteiger partial charge < -0.3 is 10.4 Å². The molecule has 2 aliphatic heterocycles. The molecule has 5 nitrogen and oxygen atoms in total. The van der Waals surface area contributed by atoms with E-state index in [9.17, 15) is 5.11 Å². The molecule has 0 radical (unpaired) electrons. The van der Waals surface area contributed by atoms with E-state index < -0.39 is 0 Å². The highest BCUT2D eigenvalue weighted by atomic mass is 16.3. The number of hydrogen-bond donors (Lipinski definition) is 2. The molecule has 1 fully saturated rings. The fraction of sp³-hybridized carbons (Fsp3) is 0.750. The number of aliphatic hydroxyl groups is 1. The van der Waals surface area contributed by atoms with Crippen LogP contribution in [0.2, 0.25) is 0 Å². The second-order valence-corrected chi connectivity index (χ2v) is 5.06. The molecular formula is C12H20N4O. The summed E-state index contributed by atoms with van der Waals surface area (Å²) in [5.41, 5.74) is 2.43. The van der Waals surface area contributed by atoms with Crippen LogP contribution in [0.1, 0.15) is 24.2 Å². The molecule has 0 saturated carbocycles. The highest BCUT2D eigenvalue weighted by Crippen LogP contribution is 2.14. The fourth-order valence-corrected chi connectivity index (χ4v) is 2.68. The first-order valence-electron chi connectivity index (χ1n) is 6.48. The number of aromatic nitrogens is 2. The minimum atomic E-state index is -0.142. The molecule has 3 rings (SSSR count). The topological polar surface area (TPSA) is 53.3 Å². The maximum Gasteiger partial charge on any atom is 0.0768 e. The molecule has 2 aliphatic rings. The highest BCUT2D eigenvalue weighted by molar-refractivity contribution is 5.11. The zero-order valence-corrected chi connectivity index (χ0v) is 10.1. The lowest BCUT2D eigenvalue weighted by molar-refractivity contribution is 0.174. The quantitative estimate of drug-likeness (QED) is 0.755. The van der Waals surface area contributed by atoms with E-state index in [1.54, 1.807) is 0 Å². The number of nitrogens with zero attached hydrogens (tertiary/aromatic N) is 3. The van der Waals surface area contributed by atoms with Crippen molar-refractivity contribution in [2.75, 3.05) is 19.6 Å². The van der Waals surface area contributed by atoms with Crippen LogP contribution in [-0.4, -0.2) is 45.5 Å². The molecule has 0 amide bonds. The van der Waals surface area contributed by atoms with Crippen LogP contribution in [0, 0.1) is 0 Å². The van der Waals surface area contributed by atoms with Gasteiger partial charge in [0.05, 0.1) is 17.5 Å². The van der Waals surface area contributed by atoms with Gasteiger partial charge in [0.1, 0.15) is 0 Å². The van der Waals surface area contributed by atoms with Crippen molar-refractivity contribution in [2.24, 2.45) is 0 Å². The van der Waals surface area contributed by atoms with Gasteiger partial charge in [0.2, 0.25) is 0 Å². The lowest BCUT2D eigenvalue weighted by Gasteiger charge is -2.12. The number of fused-ring (bicyclic) bond motifs is 1. The number of hydrogen-bond acceptors (Lipinski definition) is 4. The van der Waals surface area contributed by atoms with Crippen LogP contribution in [0.25, 0.3) is 0 Å². The SMILES string of the molecule is O[C@@H]1CCN(Cc2cc3n(n2)CCCNC3)C1. The Hall–Kier alpha value is -0.910. The summed E-state index contributed by atoms with van der Waals surface area (Å²) in [7, 11) is 0. The van der Waals surface area contributed by atoms with E-state index in [-0.39, 0.29) is 6.10 Å². The summed E-state index contributed by atoms with van der Waals surface area (Å²) < 4.78 is 2.13.